The Balaban J connectivity index is 2.02. The summed E-state index contributed by atoms with van der Waals surface area (Å²) >= 11 is 5.76. The van der Waals surface area contributed by atoms with E-state index in [0.29, 0.717) is 23.2 Å². The van der Waals surface area contributed by atoms with Crippen molar-refractivity contribution in [1.29, 1.82) is 0 Å². The molecule has 0 amide bonds. The summed E-state index contributed by atoms with van der Waals surface area (Å²) in [4.78, 5) is 10.5. The van der Waals surface area contributed by atoms with Gasteiger partial charge in [0, 0.05) is 29.2 Å². The van der Waals surface area contributed by atoms with Crippen molar-refractivity contribution in [3.8, 4) is 0 Å². The van der Waals surface area contributed by atoms with Crippen LogP contribution in [0.1, 0.15) is 25.3 Å². The Bertz CT molecular complexity index is 431. The van der Waals surface area contributed by atoms with Gasteiger partial charge in [0.15, 0.2) is 0 Å². The predicted molar refractivity (Wildman–Crippen MR) is 67.1 cm³/mol. The zero-order valence-electron chi connectivity index (χ0n) is 9.65. The summed E-state index contributed by atoms with van der Waals surface area (Å²) in [6.45, 7) is 2.74. The van der Waals surface area contributed by atoms with Gasteiger partial charge in [-0.05, 0) is 30.9 Å². The second-order valence-corrected chi connectivity index (χ2v) is 5.12. The largest absolute Gasteiger partial charge is 0.310 e. The number of hydrogen-bond acceptors (Lipinski definition) is 3. The van der Waals surface area contributed by atoms with Crippen LogP contribution in [-0.4, -0.2) is 11.0 Å². The third kappa shape index (κ3) is 2.96. The molecule has 4 nitrogen and oxygen atoms in total. The summed E-state index contributed by atoms with van der Waals surface area (Å²) in [5.41, 5.74) is 0.788. The van der Waals surface area contributed by atoms with Gasteiger partial charge in [0.2, 0.25) is 0 Å². The molecule has 0 heterocycles. The number of nitro groups is 1. The summed E-state index contributed by atoms with van der Waals surface area (Å²) in [5.74, 6) is 0.771. The highest BCUT2D eigenvalue weighted by molar-refractivity contribution is 6.30. The number of hydrogen-bond donors (Lipinski definition) is 1. The van der Waals surface area contributed by atoms with Gasteiger partial charge in [0.25, 0.3) is 5.69 Å². The zero-order valence-corrected chi connectivity index (χ0v) is 10.4. The lowest BCUT2D eigenvalue weighted by Crippen LogP contribution is -2.39. The van der Waals surface area contributed by atoms with Gasteiger partial charge in [-0.15, -0.1) is 0 Å². The maximum absolute atomic E-state index is 10.9. The van der Waals surface area contributed by atoms with Crippen molar-refractivity contribution < 1.29 is 4.92 Å². The van der Waals surface area contributed by atoms with Crippen LogP contribution >= 0.6 is 11.6 Å². The first kappa shape index (κ1) is 12.3. The Morgan fingerprint density at radius 3 is 2.82 bits per heavy atom. The number of rotatable bonds is 4. The zero-order chi connectivity index (χ0) is 12.4. The highest BCUT2D eigenvalue weighted by atomic mass is 35.5. The molecule has 1 N–H and O–H groups in total. The minimum Gasteiger partial charge on any atom is -0.310 e. The van der Waals surface area contributed by atoms with E-state index in [-0.39, 0.29) is 10.6 Å². The van der Waals surface area contributed by atoms with E-state index in [1.807, 2.05) is 0 Å². The first-order valence-electron chi connectivity index (χ1n) is 5.72. The van der Waals surface area contributed by atoms with Crippen LogP contribution in [0.4, 0.5) is 5.69 Å². The monoisotopic (exact) mass is 254 g/mol. The molecule has 1 aliphatic carbocycles. The molecule has 17 heavy (non-hydrogen) atoms. The number of nitro benzene ring substituents is 1. The number of benzene rings is 1. The molecule has 0 unspecified atom stereocenters. The van der Waals surface area contributed by atoms with Gasteiger partial charge in [-0.2, -0.15) is 0 Å². The summed E-state index contributed by atoms with van der Waals surface area (Å²) in [5, 5.41) is 14.6. The smallest absolute Gasteiger partial charge is 0.275 e. The maximum Gasteiger partial charge on any atom is 0.275 e. The Hall–Kier alpha value is -1.13. The topological polar surface area (TPSA) is 55.2 Å². The Labute approximate surface area is 105 Å². The summed E-state index contributed by atoms with van der Waals surface area (Å²) in [6.07, 6.45) is 2.31. The van der Waals surface area contributed by atoms with Crippen molar-refractivity contribution in [2.75, 3.05) is 0 Å². The van der Waals surface area contributed by atoms with E-state index < -0.39 is 0 Å². The molecule has 0 radical (unpaired) electrons. The molecule has 0 spiro atoms. The van der Waals surface area contributed by atoms with Gasteiger partial charge < -0.3 is 5.32 Å². The predicted octanol–water partition coefficient (Wildman–Crippen LogP) is 3.14. The van der Waals surface area contributed by atoms with Crippen LogP contribution in [0.3, 0.4) is 0 Å². The lowest BCUT2D eigenvalue weighted by atomic mass is 9.82. The fourth-order valence-electron chi connectivity index (χ4n) is 2.18. The molecule has 0 aliphatic heterocycles. The third-order valence-electron chi connectivity index (χ3n) is 3.20. The van der Waals surface area contributed by atoms with Crippen molar-refractivity contribution in [2.24, 2.45) is 5.92 Å². The maximum atomic E-state index is 10.9. The Kier molecular flexibility index (Phi) is 3.64. The first-order valence-corrected chi connectivity index (χ1v) is 6.10. The van der Waals surface area contributed by atoms with Crippen LogP contribution < -0.4 is 5.32 Å². The summed E-state index contributed by atoms with van der Waals surface area (Å²) < 4.78 is 0. The van der Waals surface area contributed by atoms with Crippen molar-refractivity contribution in [3.63, 3.8) is 0 Å². The first-order chi connectivity index (χ1) is 8.06. The highest BCUT2D eigenvalue weighted by Gasteiger charge is 2.25. The van der Waals surface area contributed by atoms with E-state index >= 15 is 0 Å². The van der Waals surface area contributed by atoms with Gasteiger partial charge in [0.1, 0.15) is 0 Å². The SMILES string of the molecule is CC1CC(NCc2ccc(Cl)cc2[N+](=O)[O-])C1. The van der Waals surface area contributed by atoms with Crippen LogP contribution in [0, 0.1) is 16.0 Å². The standard InChI is InChI=1S/C12H15ClN2O2/c1-8-4-11(5-8)14-7-9-2-3-10(13)6-12(9)15(16)17/h2-3,6,8,11,14H,4-5,7H2,1H3. The number of nitrogens with one attached hydrogen (secondary N) is 1. The second-order valence-electron chi connectivity index (χ2n) is 4.68. The molecule has 2 rings (SSSR count). The van der Waals surface area contributed by atoms with Gasteiger partial charge in [-0.3, -0.25) is 10.1 Å². The number of nitrogens with zero attached hydrogens (tertiary/aromatic N) is 1. The van der Waals surface area contributed by atoms with E-state index in [1.54, 1.807) is 12.1 Å². The minimum absolute atomic E-state index is 0.0948. The van der Waals surface area contributed by atoms with Gasteiger partial charge in [0.05, 0.1) is 4.92 Å². The van der Waals surface area contributed by atoms with Gasteiger partial charge in [-0.25, -0.2) is 0 Å². The van der Waals surface area contributed by atoms with Crippen LogP contribution in [0.15, 0.2) is 18.2 Å². The quantitative estimate of drug-likeness (QED) is 0.663. The molecule has 0 bridgehead atoms. The molecule has 0 saturated heterocycles. The fourth-order valence-corrected chi connectivity index (χ4v) is 2.35. The van der Waals surface area contributed by atoms with Crippen molar-refractivity contribution in [2.45, 2.75) is 32.4 Å². The molecule has 0 aromatic heterocycles. The molecular weight excluding hydrogens is 240 g/mol. The van der Waals surface area contributed by atoms with Crippen LogP contribution in [0.5, 0.6) is 0 Å². The molecule has 1 aliphatic rings. The summed E-state index contributed by atoms with van der Waals surface area (Å²) in [6, 6.07) is 5.31. The Morgan fingerprint density at radius 1 is 1.53 bits per heavy atom. The van der Waals surface area contributed by atoms with Crippen LogP contribution in [0.25, 0.3) is 0 Å². The lowest BCUT2D eigenvalue weighted by Gasteiger charge is -2.33. The molecular formula is C12H15ClN2O2. The van der Waals surface area contributed by atoms with E-state index in [0.717, 1.165) is 18.8 Å². The molecule has 1 aromatic rings. The normalized spacial score (nSPS) is 23.2. The minimum atomic E-state index is -0.383. The van der Waals surface area contributed by atoms with Crippen LogP contribution in [0.2, 0.25) is 5.02 Å². The average molecular weight is 255 g/mol. The number of halogens is 1. The van der Waals surface area contributed by atoms with Gasteiger partial charge >= 0.3 is 0 Å². The average Bonchev–Trinajstić information content (AvgIpc) is 2.24. The van der Waals surface area contributed by atoms with Crippen LogP contribution in [-0.2, 0) is 6.54 Å². The molecule has 1 saturated carbocycles. The molecule has 0 atom stereocenters. The van der Waals surface area contributed by atoms with E-state index in [1.165, 1.54) is 6.07 Å². The molecule has 1 fully saturated rings. The van der Waals surface area contributed by atoms with Crippen molar-refractivity contribution in [1.82, 2.24) is 5.32 Å². The Morgan fingerprint density at radius 2 is 2.24 bits per heavy atom. The lowest BCUT2D eigenvalue weighted by molar-refractivity contribution is -0.385. The second kappa shape index (κ2) is 5.02. The molecule has 5 heteroatoms. The van der Waals surface area contributed by atoms with Gasteiger partial charge in [-0.1, -0.05) is 18.5 Å². The fraction of sp³-hybridized carbons (Fsp3) is 0.500. The van der Waals surface area contributed by atoms with E-state index in [9.17, 15) is 10.1 Å². The third-order valence-corrected chi connectivity index (χ3v) is 3.43. The van der Waals surface area contributed by atoms with E-state index in [4.69, 9.17) is 11.6 Å². The summed E-state index contributed by atoms with van der Waals surface area (Å²) in [7, 11) is 0. The molecule has 92 valence electrons. The van der Waals surface area contributed by atoms with Crippen molar-refractivity contribution >= 4 is 17.3 Å². The van der Waals surface area contributed by atoms with Crippen molar-refractivity contribution in [3.05, 3.63) is 38.9 Å². The molecule has 1 aromatic carbocycles. The van der Waals surface area contributed by atoms with E-state index in [2.05, 4.69) is 12.2 Å². The highest BCUT2D eigenvalue weighted by Crippen LogP contribution is 2.28.